The fourth-order valence-electron chi connectivity index (χ4n) is 2.33. The fourth-order valence-corrected chi connectivity index (χ4v) is 2.33. The Kier molecular flexibility index (Phi) is 9.06. The molecule has 134 valence electrons. The number of ether oxygens (including phenoxy) is 1. The number of nitro benzene ring substituents is 1. The van der Waals surface area contributed by atoms with E-state index in [0.29, 0.717) is 12.3 Å². The van der Waals surface area contributed by atoms with Crippen LogP contribution in [0, 0.1) is 10.1 Å². The highest BCUT2D eigenvalue weighted by molar-refractivity contribution is 5.85. The number of piperazine rings is 1. The summed E-state index contributed by atoms with van der Waals surface area (Å²) >= 11 is 0. The summed E-state index contributed by atoms with van der Waals surface area (Å²) in [4.78, 5) is 24.1. The van der Waals surface area contributed by atoms with Crippen LogP contribution in [-0.4, -0.2) is 61.6 Å². The average Bonchev–Trinajstić information content (AvgIpc) is 2.58. The van der Waals surface area contributed by atoms with Gasteiger partial charge in [-0.05, 0) is 25.1 Å². The number of hydrogen-bond acceptors (Lipinski definition) is 6. The second-order valence-electron chi connectivity index (χ2n) is 5.33. The van der Waals surface area contributed by atoms with Crippen molar-refractivity contribution in [1.82, 2.24) is 15.5 Å². The molecule has 0 radical (unpaired) electrons. The number of amides is 1. The molecule has 1 aromatic rings. The van der Waals surface area contributed by atoms with Crippen LogP contribution in [0.1, 0.15) is 6.42 Å². The van der Waals surface area contributed by atoms with Crippen LogP contribution in [0.4, 0.5) is 5.69 Å². The zero-order valence-corrected chi connectivity index (χ0v) is 14.2. The summed E-state index contributed by atoms with van der Waals surface area (Å²) in [5.74, 6) is 0.246. The van der Waals surface area contributed by atoms with Gasteiger partial charge >= 0.3 is 0 Å². The van der Waals surface area contributed by atoms with Gasteiger partial charge in [0.2, 0.25) is 0 Å². The quantitative estimate of drug-likeness (QED) is 0.405. The maximum absolute atomic E-state index is 11.7. The zero-order chi connectivity index (χ0) is 16.5. The van der Waals surface area contributed by atoms with Gasteiger partial charge in [-0.25, -0.2) is 0 Å². The Hall–Kier alpha value is -1.90. The molecule has 8 nitrogen and oxygen atoms in total. The lowest BCUT2D eigenvalue weighted by Gasteiger charge is -2.27. The second kappa shape index (κ2) is 10.8. The van der Waals surface area contributed by atoms with Crippen molar-refractivity contribution < 1.29 is 14.5 Å². The van der Waals surface area contributed by atoms with Crippen molar-refractivity contribution >= 4 is 24.0 Å². The molecule has 1 aliphatic heterocycles. The largest absolute Gasteiger partial charge is 0.484 e. The van der Waals surface area contributed by atoms with Crippen LogP contribution in [0.25, 0.3) is 0 Å². The normalized spacial score (nSPS) is 14.5. The Balaban J connectivity index is 0.00000288. The van der Waals surface area contributed by atoms with Crippen LogP contribution in [0.2, 0.25) is 0 Å². The first-order valence-electron chi connectivity index (χ1n) is 7.72. The molecule has 2 rings (SSSR count). The molecule has 0 unspecified atom stereocenters. The monoisotopic (exact) mass is 358 g/mol. The van der Waals surface area contributed by atoms with Crippen LogP contribution < -0.4 is 15.4 Å². The molecule has 1 fully saturated rings. The molecular formula is C15H23ClN4O4. The van der Waals surface area contributed by atoms with E-state index in [9.17, 15) is 14.9 Å². The van der Waals surface area contributed by atoms with Crippen molar-refractivity contribution in [3.05, 3.63) is 34.4 Å². The molecule has 1 aromatic carbocycles. The summed E-state index contributed by atoms with van der Waals surface area (Å²) in [5.41, 5.74) is -0.00489. The minimum atomic E-state index is -0.477. The molecule has 2 N–H and O–H groups in total. The number of carbonyl (C=O) groups is 1. The topological polar surface area (TPSA) is 96.7 Å². The van der Waals surface area contributed by atoms with E-state index in [4.69, 9.17) is 4.74 Å². The summed E-state index contributed by atoms with van der Waals surface area (Å²) in [6.07, 6.45) is 0.906. The number of nitro groups is 1. The highest BCUT2D eigenvalue weighted by Gasteiger charge is 2.09. The third kappa shape index (κ3) is 7.12. The highest BCUT2D eigenvalue weighted by atomic mass is 35.5. The van der Waals surface area contributed by atoms with Gasteiger partial charge in [0.1, 0.15) is 5.75 Å². The maximum atomic E-state index is 11.7. The molecule has 1 amide bonds. The summed E-state index contributed by atoms with van der Waals surface area (Å²) in [7, 11) is 0. The Labute approximate surface area is 147 Å². The smallest absolute Gasteiger partial charge is 0.269 e. The van der Waals surface area contributed by atoms with Crippen molar-refractivity contribution in [2.45, 2.75) is 6.42 Å². The van der Waals surface area contributed by atoms with Gasteiger partial charge in [-0.2, -0.15) is 0 Å². The van der Waals surface area contributed by atoms with Crippen LogP contribution in [0.5, 0.6) is 5.75 Å². The van der Waals surface area contributed by atoms with Gasteiger partial charge in [0.25, 0.3) is 11.6 Å². The zero-order valence-electron chi connectivity index (χ0n) is 13.4. The van der Waals surface area contributed by atoms with E-state index in [-0.39, 0.29) is 30.6 Å². The molecule has 0 atom stereocenters. The van der Waals surface area contributed by atoms with E-state index in [0.717, 1.165) is 39.1 Å². The van der Waals surface area contributed by atoms with Gasteiger partial charge in [-0.1, -0.05) is 0 Å². The summed E-state index contributed by atoms with van der Waals surface area (Å²) in [6.45, 7) is 5.66. The summed E-state index contributed by atoms with van der Waals surface area (Å²) < 4.78 is 5.30. The number of hydrogen-bond donors (Lipinski definition) is 2. The highest BCUT2D eigenvalue weighted by Crippen LogP contribution is 2.16. The van der Waals surface area contributed by atoms with Crippen molar-refractivity contribution in [1.29, 1.82) is 0 Å². The van der Waals surface area contributed by atoms with E-state index in [1.807, 2.05) is 0 Å². The van der Waals surface area contributed by atoms with E-state index in [2.05, 4.69) is 15.5 Å². The predicted molar refractivity (Wildman–Crippen MR) is 92.8 cm³/mol. The van der Waals surface area contributed by atoms with Gasteiger partial charge in [0.05, 0.1) is 4.92 Å². The van der Waals surface area contributed by atoms with Crippen molar-refractivity contribution in [2.24, 2.45) is 0 Å². The van der Waals surface area contributed by atoms with Crippen molar-refractivity contribution in [3.63, 3.8) is 0 Å². The molecule has 9 heteroatoms. The number of nitrogens with one attached hydrogen (secondary N) is 2. The first kappa shape index (κ1) is 20.1. The molecule has 1 aliphatic rings. The van der Waals surface area contributed by atoms with Gasteiger partial charge in [0.15, 0.2) is 6.61 Å². The fraction of sp³-hybridized carbons (Fsp3) is 0.533. The molecule has 0 aromatic heterocycles. The van der Waals surface area contributed by atoms with Gasteiger partial charge < -0.3 is 20.3 Å². The molecule has 0 aliphatic carbocycles. The number of nitrogens with zero attached hydrogens (tertiary/aromatic N) is 2. The number of halogens is 1. The van der Waals surface area contributed by atoms with Gasteiger partial charge in [-0.15, -0.1) is 12.4 Å². The maximum Gasteiger partial charge on any atom is 0.269 e. The summed E-state index contributed by atoms with van der Waals surface area (Å²) in [5, 5.41) is 16.6. The number of rotatable bonds is 8. The number of carbonyl (C=O) groups excluding carboxylic acids is 1. The van der Waals surface area contributed by atoms with Crippen LogP contribution in [-0.2, 0) is 4.79 Å². The minimum Gasteiger partial charge on any atom is -0.484 e. The van der Waals surface area contributed by atoms with Crippen LogP contribution in [0.3, 0.4) is 0 Å². The third-order valence-electron chi connectivity index (χ3n) is 3.60. The Morgan fingerprint density at radius 1 is 1.29 bits per heavy atom. The van der Waals surface area contributed by atoms with Gasteiger partial charge in [0, 0.05) is 44.9 Å². The molecular weight excluding hydrogens is 336 g/mol. The average molecular weight is 359 g/mol. The molecule has 0 bridgehead atoms. The molecule has 0 spiro atoms. The lowest BCUT2D eigenvalue weighted by atomic mass is 10.3. The molecule has 0 saturated carbocycles. The number of benzene rings is 1. The Morgan fingerprint density at radius 2 is 1.96 bits per heavy atom. The SMILES string of the molecule is Cl.O=C(COc1ccc([N+](=O)[O-])cc1)NCCCN1CCNCC1. The van der Waals surface area contributed by atoms with Gasteiger partial charge in [-0.3, -0.25) is 14.9 Å². The molecule has 1 saturated heterocycles. The van der Waals surface area contributed by atoms with Crippen molar-refractivity contribution in [2.75, 3.05) is 45.9 Å². The predicted octanol–water partition coefficient (Wildman–Crippen LogP) is 0.807. The standard InChI is InChI=1S/C15H22N4O4.ClH/c20-15(17-6-1-9-18-10-7-16-8-11-18)12-23-14-4-2-13(3-5-14)19(21)22;/h2-5,16H,1,6-12H2,(H,17,20);1H. The lowest BCUT2D eigenvalue weighted by Crippen LogP contribution is -2.44. The molecule has 24 heavy (non-hydrogen) atoms. The van der Waals surface area contributed by atoms with E-state index < -0.39 is 4.92 Å². The van der Waals surface area contributed by atoms with E-state index >= 15 is 0 Å². The Bertz CT molecular complexity index is 521. The summed E-state index contributed by atoms with van der Waals surface area (Å²) in [6, 6.07) is 5.66. The first-order valence-corrected chi connectivity index (χ1v) is 7.72. The molecule has 1 heterocycles. The first-order chi connectivity index (χ1) is 11.1. The van der Waals surface area contributed by atoms with E-state index in [1.165, 1.54) is 24.3 Å². The Morgan fingerprint density at radius 3 is 2.58 bits per heavy atom. The third-order valence-corrected chi connectivity index (χ3v) is 3.60. The second-order valence-corrected chi connectivity index (χ2v) is 5.33. The van der Waals surface area contributed by atoms with Crippen LogP contribution >= 0.6 is 12.4 Å². The van der Waals surface area contributed by atoms with Crippen LogP contribution in [0.15, 0.2) is 24.3 Å². The van der Waals surface area contributed by atoms with E-state index in [1.54, 1.807) is 0 Å². The lowest BCUT2D eigenvalue weighted by molar-refractivity contribution is -0.384. The number of non-ortho nitro benzene ring substituents is 1. The van der Waals surface area contributed by atoms with Crippen molar-refractivity contribution in [3.8, 4) is 5.75 Å². The minimum absolute atomic E-state index is 0.